The van der Waals surface area contributed by atoms with E-state index in [4.69, 9.17) is 19.3 Å². The molecule has 0 radical (unpaired) electrons. The van der Waals surface area contributed by atoms with Crippen molar-refractivity contribution < 1.29 is 43.0 Å². The Morgan fingerprint density at radius 3 is 1.52 bits per heavy atom. The van der Waals surface area contributed by atoms with Gasteiger partial charge in [-0.15, -0.1) is 0 Å². The molecule has 0 saturated carbocycles. The number of phosphoric ester groups is 1. The first kappa shape index (κ1) is 48.0. The van der Waals surface area contributed by atoms with Crippen molar-refractivity contribution >= 4 is 19.8 Å². The average Bonchev–Trinajstić information content (AvgIpc) is 3.07. The van der Waals surface area contributed by atoms with Gasteiger partial charge in [0.05, 0.1) is 12.7 Å². The molecule has 0 bridgehead atoms. The van der Waals surface area contributed by atoms with Gasteiger partial charge >= 0.3 is 19.8 Å². The predicted octanol–water partition coefficient (Wildman–Crippen LogP) is 10.5. The van der Waals surface area contributed by atoms with Crippen molar-refractivity contribution in [3.8, 4) is 0 Å². The fourth-order valence-electron chi connectivity index (χ4n) is 5.21. The molecule has 0 aliphatic rings. The van der Waals surface area contributed by atoms with Crippen LogP contribution in [0.4, 0.5) is 0 Å². The molecule has 0 rings (SSSR count). The number of allylic oxidation sites excluding steroid dienone is 8. The van der Waals surface area contributed by atoms with E-state index in [1.165, 1.54) is 70.6 Å². The van der Waals surface area contributed by atoms with Crippen molar-refractivity contribution in [1.82, 2.24) is 0 Å². The first-order valence-corrected chi connectivity index (χ1v) is 21.0. The third-order valence-electron chi connectivity index (χ3n) is 8.12. The summed E-state index contributed by atoms with van der Waals surface area (Å²) in [7, 11) is -4.77. The normalized spacial score (nSPS) is 13.6. The lowest BCUT2D eigenvalue weighted by atomic mass is 10.0. The zero-order chi connectivity index (χ0) is 37.0. The molecule has 0 fully saturated rings. The van der Waals surface area contributed by atoms with Gasteiger partial charge in [-0.2, -0.15) is 0 Å². The zero-order valence-corrected chi connectivity index (χ0v) is 32.3. The molecule has 0 unspecified atom stereocenters. The van der Waals surface area contributed by atoms with Crippen molar-refractivity contribution in [2.75, 3.05) is 13.2 Å². The molecule has 0 heterocycles. The van der Waals surface area contributed by atoms with E-state index in [0.29, 0.717) is 19.3 Å². The maximum atomic E-state index is 12.3. The van der Waals surface area contributed by atoms with E-state index in [-0.39, 0.29) is 25.6 Å². The fraction of sp³-hybridized carbons (Fsp3) is 0.750. The third-order valence-corrected chi connectivity index (χ3v) is 8.60. The van der Waals surface area contributed by atoms with Crippen LogP contribution in [-0.2, 0) is 28.2 Å². The smallest absolute Gasteiger partial charge is 0.462 e. The van der Waals surface area contributed by atoms with Gasteiger partial charge in [0.25, 0.3) is 0 Å². The molecule has 0 aliphatic carbocycles. The highest BCUT2D eigenvalue weighted by Gasteiger charge is 2.22. The summed E-state index contributed by atoms with van der Waals surface area (Å²) in [4.78, 5) is 42.7. The number of carbonyl (C=O) groups excluding carboxylic acids is 2. The number of unbranched alkanes of at least 4 members (excludes halogenated alkanes) is 15. The molecule has 9 nitrogen and oxygen atoms in total. The quantitative estimate of drug-likeness (QED) is 0.0252. The van der Waals surface area contributed by atoms with Crippen molar-refractivity contribution in [1.29, 1.82) is 0 Å². The van der Waals surface area contributed by atoms with Gasteiger partial charge in [0.2, 0.25) is 0 Å². The first-order valence-electron chi connectivity index (χ1n) is 19.5. The van der Waals surface area contributed by atoms with E-state index in [0.717, 1.165) is 51.4 Å². The predicted molar refractivity (Wildman–Crippen MR) is 204 cm³/mol. The SMILES string of the molecule is CCCCCCCCCCCCCCCCC(=O)OC[C@H](COP(=O)(O)O)OC(=O)CCC/C=C\C/C=C\C/C=C\C/C=C\CCC[C@H](C)O. The number of ether oxygens (including phenoxy) is 2. The fourth-order valence-corrected chi connectivity index (χ4v) is 5.57. The summed E-state index contributed by atoms with van der Waals surface area (Å²) < 4.78 is 26.3. The number of hydrogen-bond acceptors (Lipinski definition) is 7. The summed E-state index contributed by atoms with van der Waals surface area (Å²) in [5, 5.41) is 9.24. The molecule has 0 amide bonds. The Kier molecular flexibility index (Phi) is 33.9. The van der Waals surface area contributed by atoms with Gasteiger partial charge < -0.3 is 24.4 Å². The summed E-state index contributed by atoms with van der Waals surface area (Å²) >= 11 is 0. The van der Waals surface area contributed by atoms with E-state index < -0.39 is 32.5 Å². The van der Waals surface area contributed by atoms with E-state index in [1.54, 1.807) is 0 Å². The molecule has 290 valence electrons. The summed E-state index contributed by atoms with van der Waals surface area (Å²) in [6.07, 6.45) is 39.7. The highest BCUT2D eigenvalue weighted by Crippen LogP contribution is 2.36. The van der Waals surface area contributed by atoms with Crippen molar-refractivity contribution in [3.05, 3.63) is 48.6 Å². The second-order valence-electron chi connectivity index (χ2n) is 13.2. The van der Waals surface area contributed by atoms with Gasteiger partial charge in [-0.05, 0) is 64.7 Å². The van der Waals surface area contributed by atoms with Crippen LogP contribution in [0.5, 0.6) is 0 Å². The molecular formula is C40H71O9P. The minimum absolute atomic E-state index is 0.124. The Hall–Kier alpha value is -2.03. The van der Waals surface area contributed by atoms with Crippen LogP contribution < -0.4 is 0 Å². The van der Waals surface area contributed by atoms with Crippen LogP contribution in [0, 0.1) is 0 Å². The monoisotopic (exact) mass is 726 g/mol. The number of phosphoric acid groups is 1. The Bertz CT molecular complexity index is 968. The average molecular weight is 727 g/mol. The van der Waals surface area contributed by atoms with Gasteiger partial charge in [-0.1, -0.05) is 139 Å². The number of hydrogen-bond donors (Lipinski definition) is 3. The molecule has 0 spiro atoms. The van der Waals surface area contributed by atoms with Crippen LogP contribution in [0.15, 0.2) is 48.6 Å². The van der Waals surface area contributed by atoms with Crippen LogP contribution in [0.3, 0.4) is 0 Å². The highest BCUT2D eigenvalue weighted by atomic mass is 31.2. The second-order valence-corrected chi connectivity index (χ2v) is 14.4. The van der Waals surface area contributed by atoms with E-state index in [1.807, 2.05) is 19.1 Å². The molecule has 50 heavy (non-hydrogen) atoms. The highest BCUT2D eigenvalue weighted by molar-refractivity contribution is 7.46. The van der Waals surface area contributed by atoms with Gasteiger partial charge in [0, 0.05) is 12.8 Å². The maximum Gasteiger partial charge on any atom is 0.469 e. The molecule has 2 atom stereocenters. The summed E-state index contributed by atoms with van der Waals surface area (Å²) in [6, 6.07) is 0. The van der Waals surface area contributed by atoms with Gasteiger partial charge in [-0.25, -0.2) is 4.57 Å². The Labute approximate surface area is 304 Å². The van der Waals surface area contributed by atoms with Gasteiger partial charge in [0.1, 0.15) is 6.61 Å². The molecule has 0 aromatic rings. The summed E-state index contributed by atoms with van der Waals surface area (Å²) in [5.41, 5.74) is 0. The first-order chi connectivity index (χ1) is 24.1. The number of aliphatic hydroxyl groups excluding tert-OH is 1. The second kappa shape index (κ2) is 35.4. The molecule has 10 heteroatoms. The van der Waals surface area contributed by atoms with Gasteiger partial charge in [0.15, 0.2) is 6.10 Å². The number of rotatable bonds is 35. The molecule has 0 aromatic carbocycles. The topological polar surface area (TPSA) is 140 Å². The minimum Gasteiger partial charge on any atom is -0.462 e. The number of aliphatic hydroxyl groups is 1. The van der Waals surface area contributed by atoms with Crippen LogP contribution in [0.2, 0.25) is 0 Å². The molecule has 0 aromatic heterocycles. The van der Waals surface area contributed by atoms with Crippen LogP contribution >= 0.6 is 7.82 Å². The van der Waals surface area contributed by atoms with Crippen molar-refractivity contribution in [2.45, 2.75) is 180 Å². The molecule has 3 N–H and O–H groups in total. The van der Waals surface area contributed by atoms with Crippen LogP contribution in [-0.4, -0.2) is 52.3 Å². The third kappa shape index (κ3) is 38.8. The van der Waals surface area contributed by atoms with E-state index in [2.05, 4.69) is 47.9 Å². The maximum absolute atomic E-state index is 12.3. The zero-order valence-electron chi connectivity index (χ0n) is 31.4. The summed E-state index contributed by atoms with van der Waals surface area (Å²) in [6.45, 7) is 3.18. The van der Waals surface area contributed by atoms with Crippen molar-refractivity contribution in [3.63, 3.8) is 0 Å². The molecular weight excluding hydrogens is 655 g/mol. The Morgan fingerprint density at radius 1 is 0.600 bits per heavy atom. The minimum atomic E-state index is -4.77. The van der Waals surface area contributed by atoms with E-state index in [9.17, 15) is 19.3 Å². The summed E-state index contributed by atoms with van der Waals surface area (Å²) in [5.74, 6) is -0.966. The van der Waals surface area contributed by atoms with E-state index >= 15 is 0 Å². The van der Waals surface area contributed by atoms with Crippen LogP contribution in [0.25, 0.3) is 0 Å². The number of carbonyl (C=O) groups is 2. The lowest BCUT2D eigenvalue weighted by molar-refractivity contribution is -0.161. The Balaban J connectivity index is 4.06. The standard InChI is InChI=1S/C40H71O9P/c1-3-4-5-6-7-8-9-10-15-18-21-24-27-30-33-39(42)47-35-38(36-48-50(44,45)46)49-40(43)34-31-28-25-22-19-16-13-11-12-14-17-20-23-26-29-32-37(2)41/h12-14,16,20,22-23,25,37-38,41H,3-11,15,17-19,21,24,26-36H2,1-2H3,(H2,44,45,46)/b14-12-,16-13-,23-20-,25-22-/t37-,38+/m0/s1. The van der Waals surface area contributed by atoms with Gasteiger partial charge in [-0.3, -0.25) is 14.1 Å². The number of esters is 2. The largest absolute Gasteiger partial charge is 0.469 e. The van der Waals surface area contributed by atoms with Crippen molar-refractivity contribution in [2.24, 2.45) is 0 Å². The lowest BCUT2D eigenvalue weighted by Crippen LogP contribution is -2.29. The molecule has 0 saturated heterocycles. The van der Waals surface area contributed by atoms with Crippen LogP contribution in [0.1, 0.15) is 168 Å². The Morgan fingerprint density at radius 2 is 1.04 bits per heavy atom. The molecule has 0 aliphatic heterocycles. The lowest BCUT2D eigenvalue weighted by Gasteiger charge is -2.18.